The molecule has 3 rings (SSSR count). The number of nitrogens with two attached hydrogens (primary N) is 1. The lowest BCUT2D eigenvalue weighted by molar-refractivity contribution is -0.124. The number of ether oxygens (including phenoxy) is 1. The van der Waals surface area contributed by atoms with Crippen LogP contribution < -0.4 is 11.1 Å². The number of nitrogens with one attached hydrogen (secondary N) is 1. The average Bonchev–Trinajstić information content (AvgIpc) is 2.87. The lowest BCUT2D eigenvalue weighted by atomic mass is 9.86. The standard InChI is InChI=1S/C18H31N5O2/c1-25-13-18(24)20-10-16-9-17-12-22(7-2-8-23(17)21-16)11-14-3-5-15(19)6-4-14/h9,14-15H,2-8,10-13,19H2,1H3,(H,20,24). The molecule has 1 aromatic heterocycles. The molecule has 1 fully saturated rings. The molecule has 0 spiro atoms. The quantitative estimate of drug-likeness (QED) is 0.796. The Kier molecular flexibility index (Phi) is 6.45. The van der Waals surface area contributed by atoms with E-state index in [0.29, 0.717) is 12.6 Å². The van der Waals surface area contributed by atoms with Gasteiger partial charge in [-0.1, -0.05) is 0 Å². The van der Waals surface area contributed by atoms with Crippen LogP contribution in [-0.4, -0.2) is 53.4 Å². The molecule has 1 aliphatic carbocycles. The molecular formula is C18H31N5O2. The van der Waals surface area contributed by atoms with Gasteiger partial charge < -0.3 is 15.8 Å². The van der Waals surface area contributed by atoms with Crippen LogP contribution in [0.1, 0.15) is 43.5 Å². The number of amides is 1. The molecule has 1 aliphatic heterocycles. The minimum Gasteiger partial charge on any atom is -0.375 e. The highest BCUT2D eigenvalue weighted by Gasteiger charge is 2.23. The van der Waals surface area contributed by atoms with Crippen LogP contribution in [0.25, 0.3) is 0 Å². The molecule has 0 unspecified atom stereocenters. The fourth-order valence-corrected chi connectivity index (χ4v) is 3.94. The Bertz CT molecular complexity index is 566. The van der Waals surface area contributed by atoms with Gasteiger partial charge in [-0.2, -0.15) is 5.10 Å². The zero-order valence-electron chi connectivity index (χ0n) is 15.2. The van der Waals surface area contributed by atoms with Crippen molar-refractivity contribution < 1.29 is 9.53 Å². The van der Waals surface area contributed by atoms with E-state index in [1.807, 2.05) is 0 Å². The fourth-order valence-electron chi connectivity index (χ4n) is 3.94. The number of carbonyl (C=O) groups excluding carboxylic acids is 1. The van der Waals surface area contributed by atoms with Crippen molar-refractivity contribution in [1.82, 2.24) is 20.0 Å². The first-order chi connectivity index (χ1) is 12.1. The number of nitrogens with zero attached hydrogens (tertiary/aromatic N) is 3. The van der Waals surface area contributed by atoms with E-state index in [2.05, 4.69) is 26.1 Å². The van der Waals surface area contributed by atoms with Crippen LogP contribution in [0.15, 0.2) is 6.07 Å². The molecule has 0 atom stereocenters. The molecule has 0 bridgehead atoms. The van der Waals surface area contributed by atoms with Crippen LogP contribution >= 0.6 is 0 Å². The van der Waals surface area contributed by atoms with Gasteiger partial charge in [0.2, 0.25) is 5.91 Å². The first-order valence-electron chi connectivity index (χ1n) is 9.43. The highest BCUT2D eigenvalue weighted by Crippen LogP contribution is 2.25. The van der Waals surface area contributed by atoms with Crippen molar-refractivity contribution >= 4 is 5.91 Å². The largest absolute Gasteiger partial charge is 0.375 e. The highest BCUT2D eigenvalue weighted by atomic mass is 16.5. The summed E-state index contributed by atoms with van der Waals surface area (Å²) >= 11 is 0. The average molecular weight is 349 g/mol. The number of carbonyl (C=O) groups is 1. The first kappa shape index (κ1) is 18.4. The third-order valence-electron chi connectivity index (χ3n) is 5.29. The predicted octanol–water partition coefficient (Wildman–Crippen LogP) is 0.869. The molecule has 140 valence electrons. The zero-order valence-corrected chi connectivity index (χ0v) is 15.2. The van der Waals surface area contributed by atoms with E-state index in [9.17, 15) is 4.79 Å². The van der Waals surface area contributed by atoms with E-state index in [-0.39, 0.29) is 12.5 Å². The van der Waals surface area contributed by atoms with Crippen LogP contribution in [0, 0.1) is 5.92 Å². The normalized spacial score (nSPS) is 24.6. The highest BCUT2D eigenvalue weighted by molar-refractivity contribution is 5.77. The Labute approximate surface area is 149 Å². The van der Waals surface area contributed by atoms with E-state index in [1.54, 1.807) is 0 Å². The monoisotopic (exact) mass is 349 g/mol. The summed E-state index contributed by atoms with van der Waals surface area (Å²) in [5.74, 6) is 0.671. The van der Waals surface area contributed by atoms with Gasteiger partial charge in [-0.3, -0.25) is 14.4 Å². The van der Waals surface area contributed by atoms with Crippen LogP contribution in [-0.2, 0) is 29.2 Å². The summed E-state index contributed by atoms with van der Waals surface area (Å²) in [5.41, 5.74) is 8.20. The van der Waals surface area contributed by atoms with Gasteiger partial charge in [-0.25, -0.2) is 0 Å². The third kappa shape index (κ3) is 5.26. The maximum Gasteiger partial charge on any atom is 0.246 e. The molecule has 25 heavy (non-hydrogen) atoms. The summed E-state index contributed by atoms with van der Waals surface area (Å²) in [6.45, 7) is 4.74. The van der Waals surface area contributed by atoms with Crippen molar-refractivity contribution in [3.63, 3.8) is 0 Å². The Morgan fingerprint density at radius 1 is 1.36 bits per heavy atom. The van der Waals surface area contributed by atoms with Crippen molar-refractivity contribution in [3.05, 3.63) is 17.5 Å². The minimum atomic E-state index is -0.108. The SMILES string of the molecule is COCC(=O)NCc1cc2n(n1)CCCN(CC1CCC(N)CC1)C2. The summed E-state index contributed by atoms with van der Waals surface area (Å²) in [4.78, 5) is 14.1. The maximum absolute atomic E-state index is 11.5. The number of aromatic nitrogens is 2. The molecule has 2 heterocycles. The van der Waals surface area contributed by atoms with Gasteiger partial charge in [-0.05, 0) is 44.1 Å². The van der Waals surface area contributed by atoms with E-state index in [0.717, 1.165) is 44.2 Å². The third-order valence-corrected chi connectivity index (χ3v) is 5.29. The van der Waals surface area contributed by atoms with Gasteiger partial charge >= 0.3 is 0 Å². The molecule has 0 saturated heterocycles. The predicted molar refractivity (Wildman–Crippen MR) is 95.8 cm³/mol. The number of hydrogen-bond acceptors (Lipinski definition) is 5. The summed E-state index contributed by atoms with van der Waals surface area (Å²) in [6, 6.07) is 2.54. The summed E-state index contributed by atoms with van der Waals surface area (Å²) in [6.07, 6.45) is 5.97. The van der Waals surface area contributed by atoms with Crippen LogP contribution in [0.2, 0.25) is 0 Å². The molecule has 0 radical (unpaired) electrons. The van der Waals surface area contributed by atoms with Gasteiger partial charge in [0, 0.05) is 39.3 Å². The van der Waals surface area contributed by atoms with Crippen molar-refractivity contribution in [1.29, 1.82) is 0 Å². The second kappa shape index (κ2) is 8.78. The van der Waals surface area contributed by atoms with Gasteiger partial charge in [-0.15, -0.1) is 0 Å². The lowest BCUT2D eigenvalue weighted by Gasteiger charge is -2.30. The molecule has 0 aromatic carbocycles. The molecule has 1 amide bonds. The molecule has 7 heteroatoms. The van der Waals surface area contributed by atoms with E-state index < -0.39 is 0 Å². The number of rotatable bonds is 6. The Hall–Kier alpha value is -1.44. The molecule has 3 N–H and O–H groups in total. The van der Waals surface area contributed by atoms with Gasteiger partial charge in [0.25, 0.3) is 0 Å². The Morgan fingerprint density at radius 3 is 2.92 bits per heavy atom. The van der Waals surface area contributed by atoms with E-state index in [4.69, 9.17) is 10.5 Å². The molecular weight excluding hydrogens is 318 g/mol. The number of hydrogen-bond donors (Lipinski definition) is 2. The van der Waals surface area contributed by atoms with Crippen molar-refractivity contribution in [2.24, 2.45) is 11.7 Å². The molecule has 2 aliphatic rings. The first-order valence-corrected chi connectivity index (χ1v) is 9.43. The second-order valence-corrected chi connectivity index (χ2v) is 7.43. The summed E-state index contributed by atoms with van der Waals surface area (Å²) in [5, 5.41) is 7.49. The zero-order chi connectivity index (χ0) is 17.6. The van der Waals surface area contributed by atoms with Crippen molar-refractivity contribution in [2.75, 3.05) is 26.8 Å². The van der Waals surface area contributed by atoms with Crippen molar-refractivity contribution in [2.45, 2.75) is 57.8 Å². The van der Waals surface area contributed by atoms with Crippen molar-refractivity contribution in [3.8, 4) is 0 Å². The second-order valence-electron chi connectivity index (χ2n) is 7.43. The smallest absolute Gasteiger partial charge is 0.246 e. The summed E-state index contributed by atoms with van der Waals surface area (Å²) < 4.78 is 6.94. The topological polar surface area (TPSA) is 85.4 Å². The van der Waals surface area contributed by atoms with Gasteiger partial charge in [0.05, 0.1) is 17.9 Å². The van der Waals surface area contributed by atoms with Crippen LogP contribution in [0.3, 0.4) is 0 Å². The number of methoxy groups -OCH3 is 1. The van der Waals surface area contributed by atoms with Gasteiger partial charge in [0.15, 0.2) is 0 Å². The van der Waals surface area contributed by atoms with E-state index >= 15 is 0 Å². The fraction of sp³-hybridized carbons (Fsp3) is 0.778. The number of fused-ring (bicyclic) bond motifs is 1. The van der Waals surface area contributed by atoms with Crippen LogP contribution in [0.5, 0.6) is 0 Å². The van der Waals surface area contributed by atoms with Crippen LogP contribution in [0.4, 0.5) is 0 Å². The van der Waals surface area contributed by atoms with E-state index in [1.165, 1.54) is 38.5 Å². The lowest BCUT2D eigenvalue weighted by Crippen LogP contribution is -2.34. The maximum atomic E-state index is 11.5. The molecule has 7 nitrogen and oxygen atoms in total. The van der Waals surface area contributed by atoms with Gasteiger partial charge in [0.1, 0.15) is 6.61 Å². The Balaban J connectivity index is 1.54. The molecule has 1 aromatic rings. The number of aryl methyl sites for hydroxylation is 1. The summed E-state index contributed by atoms with van der Waals surface area (Å²) in [7, 11) is 1.52. The molecule has 1 saturated carbocycles. The Morgan fingerprint density at radius 2 is 2.16 bits per heavy atom. The minimum absolute atomic E-state index is 0.0897.